The average molecular weight is 173 g/mol. The molecular weight excluding hydrogens is 154 g/mol. The Hall–Kier alpha value is -0.570. The Morgan fingerprint density at radius 3 is 2.75 bits per heavy atom. The van der Waals surface area contributed by atoms with Gasteiger partial charge in [-0.3, -0.25) is 4.79 Å². The Bertz CT molecular complexity index is 126. The Morgan fingerprint density at radius 2 is 2.25 bits per heavy atom. The summed E-state index contributed by atoms with van der Waals surface area (Å²) in [6, 6.07) is 0. The van der Waals surface area contributed by atoms with Gasteiger partial charge in [0.2, 0.25) is 5.91 Å². The van der Waals surface area contributed by atoms with E-state index < -0.39 is 0 Å². The third kappa shape index (κ3) is 6.16. The Labute approximate surface area is 74.2 Å². The number of carbonyl (C=O) groups is 1. The summed E-state index contributed by atoms with van der Waals surface area (Å²) in [7, 11) is 0. The molecular formula is C9H19NO2. The number of amides is 1. The summed E-state index contributed by atoms with van der Waals surface area (Å²) in [6.07, 6.45) is 2.25. The van der Waals surface area contributed by atoms with Gasteiger partial charge in [0.05, 0.1) is 0 Å². The molecule has 0 saturated carbocycles. The molecule has 3 heteroatoms. The van der Waals surface area contributed by atoms with Crippen LogP contribution in [0.25, 0.3) is 0 Å². The van der Waals surface area contributed by atoms with E-state index in [9.17, 15) is 4.79 Å². The molecule has 0 aromatic carbocycles. The molecule has 0 bridgehead atoms. The van der Waals surface area contributed by atoms with Gasteiger partial charge in [0.1, 0.15) is 0 Å². The number of aliphatic hydroxyl groups is 1. The third-order valence-corrected chi connectivity index (χ3v) is 1.75. The molecule has 0 aliphatic rings. The highest BCUT2D eigenvalue weighted by molar-refractivity contribution is 5.75. The van der Waals surface area contributed by atoms with E-state index >= 15 is 0 Å². The van der Waals surface area contributed by atoms with Crippen LogP contribution in [0.1, 0.15) is 33.1 Å². The molecule has 0 saturated heterocycles. The van der Waals surface area contributed by atoms with Gasteiger partial charge in [-0.05, 0) is 18.8 Å². The van der Waals surface area contributed by atoms with Gasteiger partial charge in [0.25, 0.3) is 0 Å². The first-order chi connectivity index (χ1) is 5.70. The summed E-state index contributed by atoms with van der Waals surface area (Å²) in [5.74, 6) is 0.484. The minimum absolute atomic E-state index is 0.113. The zero-order chi connectivity index (χ0) is 9.40. The number of hydrogen-bond acceptors (Lipinski definition) is 2. The maximum atomic E-state index is 11.0. The van der Waals surface area contributed by atoms with Crippen LogP contribution in [-0.2, 0) is 4.79 Å². The quantitative estimate of drug-likeness (QED) is 0.627. The highest BCUT2D eigenvalue weighted by Crippen LogP contribution is 1.98. The standard InChI is InChI=1S/C9H19NO2/c1-3-4-9(12)10-7-8(2)5-6-11/h8,11H,3-7H2,1-2H3,(H,10,12). The van der Waals surface area contributed by atoms with Gasteiger partial charge in [-0.15, -0.1) is 0 Å². The summed E-state index contributed by atoms with van der Waals surface area (Å²) < 4.78 is 0. The van der Waals surface area contributed by atoms with Gasteiger partial charge in [-0.2, -0.15) is 0 Å². The zero-order valence-electron chi connectivity index (χ0n) is 7.97. The number of nitrogens with one attached hydrogen (secondary N) is 1. The minimum atomic E-state index is 0.113. The molecule has 3 nitrogen and oxygen atoms in total. The van der Waals surface area contributed by atoms with Crippen molar-refractivity contribution in [2.45, 2.75) is 33.1 Å². The molecule has 0 rings (SSSR count). The van der Waals surface area contributed by atoms with E-state index in [4.69, 9.17) is 5.11 Å². The fourth-order valence-electron chi connectivity index (χ4n) is 0.926. The maximum absolute atomic E-state index is 11.0. The van der Waals surface area contributed by atoms with Crippen LogP contribution in [0, 0.1) is 5.92 Å². The van der Waals surface area contributed by atoms with E-state index in [2.05, 4.69) is 5.32 Å². The van der Waals surface area contributed by atoms with Crippen molar-refractivity contribution in [3.05, 3.63) is 0 Å². The molecule has 1 unspecified atom stereocenters. The maximum Gasteiger partial charge on any atom is 0.219 e. The van der Waals surface area contributed by atoms with Gasteiger partial charge in [0, 0.05) is 19.6 Å². The lowest BCUT2D eigenvalue weighted by atomic mass is 10.1. The van der Waals surface area contributed by atoms with E-state index in [1.54, 1.807) is 0 Å². The van der Waals surface area contributed by atoms with Crippen LogP contribution in [0.4, 0.5) is 0 Å². The van der Waals surface area contributed by atoms with Gasteiger partial charge < -0.3 is 10.4 Å². The van der Waals surface area contributed by atoms with Gasteiger partial charge in [0.15, 0.2) is 0 Å². The molecule has 1 amide bonds. The molecule has 0 aliphatic heterocycles. The first-order valence-corrected chi connectivity index (χ1v) is 4.58. The highest BCUT2D eigenvalue weighted by atomic mass is 16.3. The number of hydrogen-bond donors (Lipinski definition) is 2. The monoisotopic (exact) mass is 173 g/mol. The van der Waals surface area contributed by atoms with Gasteiger partial charge in [-0.1, -0.05) is 13.8 Å². The lowest BCUT2D eigenvalue weighted by molar-refractivity contribution is -0.121. The van der Waals surface area contributed by atoms with E-state index in [0.717, 1.165) is 12.8 Å². The van der Waals surface area contributed by atoms with Crippen LogP contribution in [0.15, 0.2) is 0 Å². The first kappa shape index (κ1) is 11.4. The average Bonchev–Trinajstić information content (AvgIpc) is 2.02. The van der Waals surface area contributed by atoms with Crippen molar-refractivity contribution in [1.29, 1.82) is 0 Å². The van der Waals surface area contributed by atoms with E-state index in [0.29, 0.717) is 18.9 Å². The topological polar surface area (TPSA) is 49.3 Å². The molecule has 0 aromatic heterocycles. The van der Waals surface area contributed by atoms with E-state index in [1.165, 1.54) is 0 Å². The Morgan fingerprint density at radius 1 is 1.58 bits per heavy atom. The Balaban J connectivity index is 3.33. The molecule has 2 N–H and O–H groups in total. The summed E-state index contributed by atoms with van der Waals surface area (Å²) in [4.78, 5) is 11.0. The van der Waals surface area contributed by atoms with Crippen LogP contribution in [-0.4, -0.2) is 24.2 Å². The van der Waals surface area contributed by atoms with E-state index in [1.807, 2.05) is 13.8 Å². The second-order valence-electron chi connectivity index (χ2n) is 3.17. The number of carbonyl (C=O) groups excluding carboxylic acids is 1. The predicted octanol–water partition coefficient (Wildman–Crippen LogP) is 0.921. The molecule has 12 heavy (non-hydrogen) atoms. The first-order valence-electron chi connectivity index (χ1n) is 4.58. The zero-order valence-corrected chi connectivity index (χ0v) is 7.97. The highest BCUT2D eigenvalue weighted by Gasteiger charge is 2.03. The second-order valence-corrected chi connectivity index (χ2v) is 3.17. The van der Waals surface area contributed by atoms with Crippen LogP contribution >= 0.6 is 0 Å². The van der Waals surface area contributed by atoms with Crippen molar-refractivity contribution in [3.8, 4) is 0 Å². The molecule has 0 fully saturated rings. The van der Waals surface area contributed by atoms with Crippen molar-refractivity contribution in [1.82, 2.24) is 5.32 Å². The normalized spacial score (nSPS) is 12.6. The summed E-state index contributed by atoms with van der Waals surface area (Å²) in [6.45, 7) is 4.88. The van der Waals surface area contributed by atoms with Crippen LogP contribution in [0.5, 0.6) is 0 Å². The smallest absolute Gasteiger partial charge is 0.219 e. The van der Waals surface area contributed by atoms with Gasteiger partial charge in [-0.25, -0.2) is 0 Å². The fraction of sp³-hybridized carbons (Fsp3) is 0.889. The predicted molar refractivity (Wildman–Crippen MR) is 48.8 cm³/mol. The molecule has 0 aliphatic carbocycles. The second kappa shape index (κ2) is 7.10. The molecule has 0 heterocycles. The third-order valence-electron chi connectivity index (χ3n) is 1.75. The molecule has 72 valence electrons. The van der Waals surface area contributed by atoms with Gasteiger partial charge >= 0.3 is 0 Å². The summed E-state index contributed by atoms with van der Waals surface area (Å²) >= 11 is 0. The summed E-state index contributed by atoms with van der Waals surface area (Å²) in [5, 5.41) is 11.4. The lowest BCUT2D eigenvalue weighted by Crippen LogP contribution is -2.28. The Kier molecular flexibility index (Phi) is 6.76. The lowest BCUT2D eigenvalue weighted by Gasteiger charge is -2.10. The van der Waals surface area contributed by atoms with Crippen molar-refractivity contribution >= 4 is 5.91 Å². The van der Waals surface area contributed by atoms with Crippen molar-refractivity contribution in [3.63, 3.8) is 0 Å². The van der Waals surface area contributed by atoms with Crippen molar-refractivity contribution < 1.29 is 9.90 Å². The summed E-state index contributed by atoms with van der Waals surface area (Å²) in [5.41, 5.74) is 0. The fourth-order valence-corrected chi connectivity index (χ4v) is 0.926. The van der Waals surface area contributed by atoms with Crippen molar-refractivity contribution in [2.75, 3.05) is 13.2 Å². The van der Waals surface area contributed by atoms with Crippen molar-refractivity contribution in [2.24, 2.45) is 5.92 Å². The molecule has 1 atom stereocenters. The number of aliphatic hydroxyl groups excluding tert-OH is 1. The SMILES string of the molecule is CCCC(=O)NCC(C)CCO. The molecule has 0 radical (unpaired) electrons. The van der Waals surface area contributed by atoms with Crippen LogP contribution < -0.4 is 5.32 Å². The minimum Gasteiger partial charge on any atom is -0.396 e. The van der Waals surface area contributed by atoms with E-state index in [-0.39, 0.29) is 12.5 Å². The largest absolute Gasteiger partial charge is 0.396 e. The van der Waals surface area contributed by atoms with Crippen LogP contribution in [0.3, 0.4) is 0 Å². The molecule has 0 aromatic rings. The molecule has 0 spiro atoms. The van der Waals surface area contributed by atoms with Crippen LogP contribution in [0.2, 0.25) is 0 Å². The number of rotatable bonds is 6.